The number of anilines is 1. The van der Waals surface area contributed by atoms with E-state index >= 15 is 0 Å². The average Bonchev–Trinajstić information content (AvgIpc) is 2.65. The Hall–Kier alpha value is -2.21. The van der Waals surface area contributed by atoms with Gasteiger partial charge in [-0.3, -0.25) is 9.97 Å². The van der Waals surface area contributed by atoms with Gasteiger partial charge in [0.2, 0.25) is 0 Å². The molecule has 0 aliphatic carbocycles. The van der Waals surface area contributed by atoms with E-state index in [9.17, 15) is 0 Å². The van der Waals surface area contributed by atoms with Crippen molar-refractivity contribution in [3.8, 4) is 11.3 Å². The van der Waals surface area contributed by atoms with Gasteiger partial charge in [-0.2, -0.15) is 0 Å². The number of nitrogens with one attached hydrogen (secondary N) is 2. The second-order valence-corrected chi connectivity index (χ2v) is 6.36. The van der Waals surface area contributed by atoms with Crippen LogP contribution in [0.15, 0.2) is 61.1 Å². The third-order valence-corrected chi connectivity index (χ3v) is 4.53. The van der Waals surface area contributed by atoms with E-state index < -0.39 is 0 Å². The molecule has 2 aromatic heterocycles. The molecule has 7 heteroatoms. The Morgan fingerprint density at radius 1 is 1.04 bits per heavy atom. The zero-order valence-electron chi connectivity index (χ0n) is 13.0. The molecular formula is C18H14Cl2N4S. The van der Waals surface area contributed by atoms with Gasteiger partial charge >= 0.3 is 0 Å². The summed E-state index contributed by atoms with van der Waals surface area (Å²) in [5, 5.41) is 7.57. The normalized spacial score (nSPS) is 10.3. The molecule has 0 saturated carbocycles. The van der Waals surface area contributed by atoms with E-state index in [0.29, 0.717) is 27.4 Å². The van der Waals surface area contributed by atoms with Crippen molar-refractivity contribution < 1.29 is 0 Å². The molecule has 0 saturated heterocycles. The molecule has 0 unspecified atom stereocenters. The first-order valence-corrected chi connectivity index (χ1v) is 8.64. The summed E-state index contributed by atoms with van der Waals surface area (Å²) in [6.07, 6.45) is 5.28. The highest BCUT2D eigenvalue weighted by atomic mass is 35.5. The van der Waals surface area contributed by atoms with Crippen LogP contribution in [-0.2, 0) is 6.54 Å². The summed E-state index contributed by atoms with van der Waals surface area (Å²) >= 11 is 17.5. The minimum Gasteiger partial charge on any atom is -0.358 e. The fraction of sp³-hybridized carbons (Fsp3) is 0.0556. The molecule has 2 N–H and O–H groups in total. The molecule has 2 heterocycles. The summed E-state index contributed by atoms with van der Waals surface area (Å²) in [6.45, 7) is 0.516. The maximum absolute atomic E-state index is 6.16. The summed E-state index contributed by atoms with van der Waals surface area (Å²) in [5.74, 6) is 0. The monoisotopic (exact) mass is 388 g/mol. The molecule has 0 fully saturated rings. The summed E-state index contributed by atoms with van der Waals surface area (Å²) in [5.41, 5.74) is 3.49. The maximum Gasteiger partial charge on any atom is 0.171 e. The lowest BCUT2D eigenvalue weighted by Gasteiger charge is -2.14. The minimum absolute atomic E-state index is 0.436. The van der Waals surface area contributed by atoms with Crippen molar-refractivity contribution in [2.75, 3.05) is 5.32 Å². The van der Waals surface area contributed by atoms with E-state index in [4.69, 9.17) is 35.4 Å². The van der Waals surface area contributed by atoms with Crippen LogP contribution in [0.2, 0.25) is 10.0 Å². The number of hydrogen-bond acceptors (Lipinski definition) is 3. The van der Waals surface area contributed by atoms with E-state index in [0.717, 1.165) is 16.8 Å². The molecule has 0 aliphatic rings. The van der Waals surface area contributed by atoms with Crippen molar-refractivity contribution in [3.05, 3.63) is 76.7 Å². The SMILES string of the molecule is S=C(NCc1cccnc1-c1cccnc1)Nc1cccc(Cl)c1Cl. The Labute approximate surface area is 161 Å². The van der Waals surface area contributed by atoms with Gasteiger partial charge in [-0.25, -0.2) is 0 Å². The highest BCUT2D eigenvalue weighted by Crippen LogP contribution is 2.29. The van der Waals surface area contributed by atoms with Crippen molar-refractivity contribution in [1.82, 2.24) is 15.3 Å². The molecule has 0 bridgehead atoms. The molecule has 0 atom stereocenters. The molecule has 0 aliphatic heterocycles. The van der Waals surface area contributed by atoms with Crippen LogP contribution in [0.4, 0.5) is 5.69 Å². The molecule has 0 radical (unpaired) electrons. The molecular weight excluding hydrogens is 375 g/mol. The Balaban J connectivity index is 1.70. The Morgan fingerprint density at radius 3 is 2.68 bits per heavy atom. The van der Waals surface area contributed by atoms with Gasteiger partial charge in [-0.05, 0) is 48.1 Å². The van der Waals surface area contributed by atoms with Gasteiger partial charge in [0.05, 0.1) is 21.4 Å². The number of rotatable bonds is 4. The minimum atomic E-state index is 0.436. The first-order chi connectivity index (χ1) is 12.1. The lowest BCUT2D eigenvalue weighted by atomic mass is 10.1. The van der Waals surface area contributed by atoms with Crippen LogP contribution >= 0.6 is 35.4 Å². The molecule has 3 rings (SSSR count). The summed E-state index contributed by atoms with van der Waals surface area (Å²) < 4.78 is 0. The van der Waals surface area contributed by atoms with E-state index in [2.05, 4.69) is 20.6 Å². The number of benzene rings is 1. The number of thiocarbonyl (C=S) groups is 1. The quantitative estimate of drug-likeness (QED) is 0.620. The van der Waals surface area contributed by atoms with E-state index in [-0.39, 0.29) is 0 Å². The van der Waals surface area contributed by atoms with Crippen molar-refractivity contribution in [2.24, 2.45) is 0 Å². The van der Waals surface area contributed by atoms with E-state index in [1.54, 1.807) is 30.7 Å². The highest BCUT2D eigenvalue weighted by molar-refractivity contribution is 7.80. The predicted octanol–water partition coefficient (Wildman–Crippen LogP) is 4.94. The molecule has 1 aromatic carbocycles. The van der Waals surface area contributed by atoms with Crippen LogP contribution in [-0.4, -0.2) is 15.1 Å². The third-order valence-electron chi connectivity index (χ3n) is 3.47. The smallest absolute Gasteiger partial charge is 0.171 e. The van der Waals surface area contributed by atoms with Gasteiger partial charge in [0.25, 0.3) is 0 Å². The zero-order chi connectivity index (χ0) is 17.6. The number of halogens is 2. The van der Waals surface area contributed by atoms with Crippen molar-refractivity contribution in [3.63, 3.8) is 0 Å². The van der Waals surface area contributed by atoms with Crippen molar-refractivity contribution in [2.45, 2.75) is 6.54 Å². The van der Waals surface area contributed by atoms with Gasteiger partial charge in [-0.15, -0.1) is 0 Å². The van der Waals surface area contributed by atoms with Crippen LogP contribution in [0, 0.1) is 0 Å². The highest BCUT2D eigenvalue weighted by Gasteiger charge is 2.09. The Bertz CT molecular complexity index is 887. The molecule has 3 aromatic rings. The number of nitrogens with zero attached hydrogens (tertiary/aromatic N) is 2. The van der Waals surface area contributed by atoms with Crippen LogP contribution in [0.3, 0.4) is 0 Å². The van der Waals surface area contributed by atoms with Crippen LogP contribution in [0.1, 0.15) is 5.56 Å². The standard InChI is InChI=1S/C18H14Cl2N4S/c19-14-6-1-7-15(16(14)20)24-18(25)23-11-13-5-3-9-22-17(13)12-4-2-8-21-10-12/h1-10H,11H2,(H2,23,24,25). The molecule has 4 nitrogen and oxygen atoms in total. The van der Waals surface area contributed by atoms with Crippen LogP contribution in [0.25, 0.3) is 11.3 Å². The summed E-state index contributed by atoms with van der Waals surface area (Å²) in [4.78, 5) is 8.60. The average molecular weight is 389 g/mol. The topological polar surface area (TPSA) is 49.8 Å². The lowest BCUT2D eigenvalue weighted by molar-refractivity contribution is 0.919. The van der Waals surface area contributed by atoms with E-state index in [1.165, 1.54) is 0 Å². The molecule has 0 amide bonds. The second-order valence-electron chi connectivity index (χ2n) is 5.16. The van der Waals surface area contributed by atoms with E-state index in [1.807, 2.05) is 30.3 Å². The number of aromatic nitrogens is 2. The first kappa shape index (κ1) is 17.6. The first-order valence-electron chi connectivity index (χ1n) is 7.48. The number of pyridine rings is 2. The van der Waals surface area contributed by atoms with Crippen LogP contribution < -0.4 is 10.6 Å². The zero-order valence-corrected chi connectivity index (χ0v) is 15.4. The second kappa shape index (κ2) is 8.25. The molecule has 0 spiro atoms. The van der Waals surface area contributed by atoms with Gasteiger partial charge in [0, 0.05) is 30.7 Å². The molecule has 25 heavy (non-hydrogen) atoms. The Kier molecular flexibility index (Phi) is 5.81. The Morgan fingerprint density at radius 2 is 1.88 bits per heavy atom. The molecule has 126 valence electrons. The van der Waals surface area contributed by atoms with Crippen molar-refractivity contribution in [1.29, 1.82) is 0 Å². The summed E-state index contributed by atoms with van der Waals surface area (Å²) in [6, 6.07) is 13.1. The van der Waals surface area contributed by atoms with Crippen molar-refractivity contribution >= 4 is 46.2 Å². The predicted molar refractivity (Wildman–Crippen MR) is 107 cm³/mol. The number of hydrogen-bond donors (Lipinski definition) is 2. The third kappa shape index (κ3) is 4.45. The van der Waals surface area contributed by atoms with Gasteiger partial charge in [0.15, 0.2) is 5.11 Å². The lowest BCUT2D eigenvalue weighted by Crippen LogP contribution is -2.28. The fourth-order valence-corrected chi connectivity index (χ4v) is 2.82. The maximum atomic E-state index is 6.16. The summed E-state index contributed by atoms with van der Waals surface area (Å²) in [7, 11) is 0. The van der Waals surface area contributed by atoms with Gasteiger partial charge in [-0.1, -0.05) is 35.3 Å². The van der Waals surface area contributed by atoms with Gasteiger partial charge < -0.3 is 10.6 Å². The fourth-order valence-electron chi connectivity index (χ4n) is 2.29. The van der Waals surface area contributed by atoms with Crippen LogP contribution in [0.5, 0.6) is 0 Å². The van der Waals surface area contributed by atoms with Gasteiger partial charge in [0.1, 0.15) is 0 Å². The largest absolute Gasteiger partial charge is 0.358 e.